The third-order valence-corrected chi connectivity index (χ3v) is 5.20. The zero-order chi connectivity index (χ0) is 32.2. The Kier molecular flexibility index (Phi) is 28.7. The van der Waals surface area contributed by atoms with Gasteiger partial charge < -0.3 is 43.8 Å². The number of nitrogens with one attached hydrogen (secondary N) is 1. The van der Waals surface area contributed by atoms with Gasteiger partial charge in [-0.2, -0.15) is 5.10 Å². The fraction of sp³-hybridized carbons (Fsp3) is 0.370. The summed E-state index contributed by atoms with van der Waals surface area (Å²) < 4.78 is 28.1. The maximum atomic E-state index is 11.8. The molecule has 4 aromatic heterocycles. The van der Waals surface area contributed by atoms with Crippen LogP contribution in [-0.2, 0) is 18.9 Å². The summed E-state index contributed by atoms with van der Waals surface area (Å²) in [5, 5.41) is 23.2. The molecule has 4 aromatic rings. The zero-order valence-electron chi connectivity index (χ0n) is 26.1. The van der Waals surface area contributed by atoms with Gasteiger partial charge in [0, 0.05) is 56.3 Å². The first-order chi connectivity index (χ1) is 20.6. The predicted octanol–water partition coefficient (Wildman–Crippen LogP) is -3.74. The fourth-order valence-electron chi connectivity index (χ4n) is 3.12. The fourth-order valence-corrected chi connectivity index (χ4v) is 3.44. The molecule has 0 bridgehead atoms. The van der Waals surface area contributed by atoms with E-state index in [0.717, 1.165) is 11.9 Å². The molecule has 0 aliphatic heterocycles. The molecule has 4 heterocycles. The Labute approximate surface area is 385 Å². The molecule has 0 radical (unpaired) electrons. The molecule has 18 heteroatoms. The van der Waals surface area contributed by atoms with Gasteiger partial charge in [0.1, 0.15) is 23.5 Å². The van der Waals surface area contributed by atoms with E-state index in [1.807, 2.05) is 0 Å². The van der Waals surface area contributed by atoms with Crippen LogP contribution in [-0.4, -0.2) is 95.0 Å². The summed E-state index contributed by atoms with van der Waals surface area (Å²) >= 11 is 3.18. The van der Waals surface area contributed by atoms with Crippen molar-refractivity contribution >= 4 is 45.1 Å². The summed E-state index contributed by atoms with van der Waals surface area (Å²) in [4.78, 5) is 42.8. The number of aromatic nitrogens is 4. The molecular weight excluding hydrogens is 902 g/mol. The van der Waals surface area contributed by atoms with Gasteiger partial charge in [0.25, 0.3) is 0 Å². The Morgan fingerprint density at radius 1 is 0.933 bits per heavy atom. The SMILES string of the molecule is CCOC(=O)c1c[nH]n2ccc(=O)cc12.CCOC(=O)c1cnn2ccc(OCCOC)cc12.COCCBr.O=C([O-])O.[Cs+].[Cs+]. The number of hydrogen-bond donors (Lipinski definition) is 2. The van der Waals surface area contributed by atoms with Crippen molar-refractivity contribution < 1.29 is 186 Å². The summed E-state index contributed by atoms with van der Waals surface area (Å²) in [5.41, 5.74) is 1.85. The molecule has 2 N–H and O–H groups in total. The minimum absolute atomic E-state index is 0. The van der Waals surface area contributed by atoms with Gasteiger partial charge in [-0.25, -0.2) is 14.1 Å². The molecule has 0 aromatic carbocycles. The minimum atomic E-state index is -2.08. The number of H-pyrrole nitrogens is 1. The Hall–Kier alpha value is -0.306. The van der Waals surface area contributed by atoms with Crippen LogP contribution in [0.3, 0.4) is 0 Å². The van der Waals surface area contributed by atoms with Gasteiger partial charge in [0.05, 0.1) is 43.7 Å². The molecule has 0 aliphatic rings. The van der Waals surface area contributed by atoms with Crippen LogP contribution in [0.25, 0.3) is 11.0 Å². The molecule has 0 unspecified atom stereocenters. The van der Waals surface area contributed by atoms with E-state index < -0.39 is 12.1 Å². The van der Waals surface area contributed by atoms with E-state index in [1.54, 1.807) is 61.6 Å². The van der Waals surface area contributed by atoms with E-state index in [2.05, 4.69) is 30.9 Å². The Morgan fingerprint density at radius 3 is 2.07 bits per heavy atom. The van der Waals surface area contributed by atoms with Crippen molar-refractivity contribution in [1.82, 2.24) is 19.2 Å². The Morgan fingerprint density at radius 2 is 1.53 bits per heavy atom. The van der Waals surface area contributed by atoms with Gasteiger partial charge in [-0.1, -0.05) is 15.9 Å². The number of nitrogens with zero attached hydrogens (tertiary/aromatic N) is 3. The van der Waals surface area contributed by atoms with Crippen LogP contribution in [0.4, 0.5) is 4.79 Å². The standard InChI is InChI=1S/C13H16N2O4.C10H10N2O3.C3H7BrO.CH2O3.2Cs/c1-3-18-13(16)11-9-14-15-5-4-10(8-12(11)15)19-7-6-17-2;1-2-15-10(14)8-6-11-12-4-3-7(13)5-9(8)12;1-5-3-2-4;2-1(3)4;;/h4-5,8-9H,3,6-7H2,1-2H3;3-6,11H,2H2,1H3;2-3H2,1H3;(H2,2,3,4);;/q;;;;2*+1/p-1. The first-order valence-electron chi connectivity index (χ1n) is 12.7. The topological polar surface area (TPSA) is 195 Å². The summed E-state index contributed by atoms with van der Waals surface area (Å²) in [6.45, 7) is 5.92. The van der Waals surface area contributed by atoms with Crippen molar-refractivity contribution in [2.45, 2.75) is 13.8 Å². The number of alkyl halides is 1. The van der Waals surface area contributed by atoms with Crippen molar-refractivity contribution in [2.75, 3.05) is 52.6 Å². The molecule has 0 amide bonds. The normalized spacial score (nSPS) is 9.44. The average Bonchev–Trinajstić information content (AvgIpc) is 3.58. The second-order valence-corrected chi connectivity index (χ2v) is 8.58. The van der Waals surface area contributed by atoms with Gasteiger partial charge in [0.15, 0.2) is 5.43 Å². The number of halogens is 1. The summed E-state index contributed by atoms with van der Waals surface area (Å²) in [6.07, 6.45) is 4.24. The number of ether oxygens (including phenoxy) is 5. The predicted molar refractivity (Wildman–Crippen MR) is 156 cm³/mol. The Balaban J connectivity index is 0. The molecule has 0 saturated heterocycles. The van der Waals surface area contributed by atoms with Crippen LogP contribution in [0.1, 0.15) is 34.6 Å². The number of esters is 2. The average molecular weight is 936 g/mol. The summed E-state index contributed by atoms with van der Waals surface area (Å²) in [7, 11) is 3.30. The number of aromatic amines is 1. The smallest absolute Gasteiger partial charge is 0.565 e. The van der Waals surface area contributed by atoms with Gasteiger partial charge >= 0.3 is 150 Å². The number of methoxy groups -OCH3 is 2. The third-order valence-electron chi connectivity index (χ3n) is 4.87. The molecule has 0 fully saturated rings. The Bertz CT molecular complexity index is 1490. The number of carbonyl (C=O) groups excluding carboxylic acids is 2. The van der Waals surface area contributed by atoms with Crippen molar-refractivity contribution in [3.63, 3.8) is 0 Å². The van der Waals surface area contributed by atoms with E-state index in [0.29, 0.717) is 54.3 Å². The van der Waals surface area contributed by atoms with Gasteiger partial charge in [0.2, 0.25) is 6.16 Å². The molecule has 45 heavy (non-hydrogen) atoms. The number of hydrogen-bond acceptors (Lipinski definition) is 11. The zero-order valence-corrected chi connectivity index (χ0v) is 40.3. The first-order valence-corrected chi connectivity index (χ1v) is 13.8. The van der Waals surface area contributed by atoms with Crippen LogP contribution in [0.5, 0.6) is 5.75 Å². The van der Waals surface area contributed by atoms with E-state index in [9.17, 15) is 14.4 Å². The van der Waals surface area contributed by atoms with Crippen molar-refractivity contribution in [3.05, 3.63) is 70.4 Å². The molecule has 0 saturated carbocycles. The van der Waals surface area contributed by atoms with Gasteiger partial charge in [-0.3, -0.25) is 9.31 Å². The van der Waals surface area contributed by atoms with Crippen LogP contribution < -0.4 is 153 Å². The van der Waals surface area contributed by atoms with Crippen LogP contribution >= 0.6 is 15.9 Å². The number of rotatable bonds is 10. The maximum Gasteiger partial charge on any atom is 1.00 e. The van der Waals surface area contributed by atoms with E-state index >= 15 is 0 Å². The monoisotopic (exact) mass is 935 g/mol. The number of fused-ring (bicyclic) bond motifs is 2. The van der Waals surface area contributed by atoms with Crippen molar-refractivity contribution in [1.29, 1.82) is 0 Å². The van der Waals surface area contributed by atoms with Crippen molar-refractivity contribution in [2.24, 2.45) is 0 Å². The van der Waals surface area contributed by atoms with Gasteiger partial charge in [-0.15, -0.1) is 0 Å². The first kappa shape index (κ1) is 46.8. The van der Waals surface area contributed by atoms with Gasteiger partial charge in [-0.05, 0) is 19.9 Å². The second kappa shape index (κ2) is 27.6. The number of pyridine rings is 2. The third kappa shape index (κ3) is 18.1. The van der Waals surface area contributed by atoms with E-state index in [1.165, 1.54) is 24.5 Å². The number of carboxylic acid groups (broad SMARTS) is 2. The molecule has 15 nitrogen and oxygen atoms in total. The summed E-state index contributed by atoms with van der Waals surface area (Å²) in [6, 6.07) is 6.35. The molecule has 236 valence electrons. The second-order valence-electron chi connectivity index (χ2n) is 7.79. The number of carbonyl (C=O) groups is 3. The molecule has 0 atom stereocenters. The molecule has 0 aliphatic carbocycles. The van der Waals surface area contributed by atoms with E-state index in [-0.39, 0.29) is 149 Å². The quantitative estimate of drug-likeness (QED) is 0.0899. The summed E-state index contributed by atoms with van der Waals surface area (Å²) in [5.74, 6) is -0.149. The van der Waals surface area contributed by atoms with Crippen LogP contribution in [0, 0.1) is 0 Å². The minimum Gasteiger partial charge on any atom is -0.565 e. The molecule has 0 spiro atoms. The van der Waals surface area contributed by atoms with E-state index in [4.69, 9.17) is 34.0 Å². The largest absolute Gasteiger partial charge is 1.00 e. The van der Waals surface area contributed by atoms with Crippen molar-refractivity contribution in [3.8, 4) is 5.75 Å². The molecular formula is C27H34BrCs2N4O11+. The molecule has 4 rings (SSSR count). The van der Waals surface area contributed by atoms with Crippen LogP contribution in [0.15, 0.2) is 53.8 Å². The maximum absolute atomic E-state index is 11.8. The van der Waals surface area contributed by atoms with Crippen LogP contribution in [0.2, 0.25) is 0 Å².